The van der Waals surface area contributed by atoms with Gasteiger partial charge >= 0.3 is 5.97 Å². The van der Waals surface area contributed by atoms with Crippen LogP contribution in [0.3, 0.4) is 0 Å². The third-order valence-electron chi connectivity index (χ3n) is 3.99. The quantitative estimate of drug-likeness (QED) is 0.330. The number of rotatable bonds is 10. The minimum absolute atomic E-state index is 0.164. The lowest BCUT2D eigenvalue weighted by Gasteiger charge is -2.13. The van der Waals surface area contributed by atoms with Crippen LogP contribution in [0.5, 0.6) is 5.75 Å². The molecule has 0 spiro atoms. The van der Waals surface area contributed by atoms with Crippen LogP contribution in [-0.4, -0.2) is 25.6 Å². The molecule has 0 fully saturated rings. The predicted octanol–water partition coefficient (Wildman–Crippen LogP) is 5.25. The number of carbonyl (C=O) groups excluding carboxylic acids is 1. The minimum Gasteiger partial charge on any atom is -0.493 e. The molecule has 0 bridgehead atoms. The summed E-state index contributed by atoms with van der Waals surface area (Å²) in [6, 6.07) is 16.5. The molecule has 2 aromatic carbocycles. The average Bonchev–Trinajstić information content (AvgIpc) is 2.66. The molecule has 0 amide bonds. The van der Waals surface area contributed by atoms with Crippen LogP contribution in [-0.2, 0) is 16.0 Å². The van der Waals surface area contributed by atoms with Gasteiger partial charge in [-0.05, 0) is 48.9 Å². The minimum atomic E-state index is -0.164. The van der Waals surface area contributed by atoms with E-state index in [-0.39, 0.29) is 5.97 Å². The Morgan fingerprint density at radius 1 is 1.04 bits per heavy atom. The lowest BCUT2D eigenvalue weighted by Crippen LogP contribution is -2.02. The van der Waals surface area contributed by atoms with E-state index in [1.807, 2.05) is 24.3 Å². The Morgan fingerprint density at radius 2 is 1.84 bits per heavy atom. The topological polar surface area (TPSA) is 35.5 Å². The first-order valence-electron chi connectivity index (χ1n) is 8.68. The Balaban J connectivity index is 2.12. The zero-order valence-corrected chi connectivity index (χ0v) is 15.4. The van der Waals surface area contributed by atoms with E-state index < -0.39 is 0 Å². The number of carbonyl (C=O) groups is 1. The van der Waals surface area contributed by atoms with Crippen molar-refractivity contribution in [2.24, 2.45) is 0 Å². The largest absolute Gasteiger partial charge is 0.493 e. The van der Waals surface area contributed by atoms with E-state index in [0.29, 0.717) is 18.9 Å². The normalized spacial score (nSPS) is 10.5. The Kier molecular flexibility index (Phi) is 8.33. The molecule has 0 radical (unpaired) electrons. The van der Waals surface area contributed by atoms with Crippen LogP contribution in [0.1, 0.15) is 31.2 Å². The standard InChI is InChI=1S/C21H25ClO3/c1-24-21(23)11-7-8-17-12-13-20(25-15-6-5-14-22)19(16-17)18-9-3-2-4-10-18/h2-4,9-10,12-13,16H,5-8,11,14-15H2,1H3. The van der Waals surface area contributed by atoms with E-state index in [2.05, 4.69) is 24.3 Å². The van der Waals surface area contributed by atoms with Gasteiger partial charge in [0.25, 0.3) is 0 Å². The summed E-state index contributed by atoms with van der Waals surface area (Å²) in [5, 5.41) is 0. The first-order valence-corrected chi connectivity index (χ1v) is 9.22. The molecule has 0 aliphatic rings. The van der Waals surface area contributed by atoms with Gasteiger partial charge < -0.3 is 9.47 Å². The van der Waals surface area contributed by atoms with Gasteiger partial charge in [-0.2, -0.15) is 0 Å². The van der Waals surface area contributed by atoms with Gasteiger partial charge in [-0.15, -0.1) is 11.6 Å². The van der Waals surface area contributed by atoms with Crippen molar-refractivity contribution < 1.29 is 14.3 Å². The Bertz CT molecular complexity index is 655. The van der Waals surface area contributed by atoms with Gasteiger partial charge in [-0.1, -0.05) is 36.4 Å². The van der Waals surface area contributed by atoms with Crippen molar-refractivity contribution in [2.75, 3.05) is 19.6 Å². The van der Waals surface area contributed by atoms with Crippen molar-refractivity contribution in [3.63, 3.8) is 0 Å². The van der Waals surface area contributed by atoms with E-state index in [0.717, 1.165) is 42.6 Å². The summed E-state index contributed by atoms with van der Waals surface area (Å²) in [5.41, 5.74) is 3.41. The molecule has 0 heterocycles. The van der Waals surface area contributed by atoms with Gasteiger partial charge in [0, 0.05) is 17.9 Å². The van der Waals surface area contributed by atoms with Crippen LogP contribution >= 0.6 is 11.6 Å². The van der Waals surface area contributed by atoms with Crippen LogP contribution < -0.4 is 4.74 Å². The number of esters is 1. The van der Waals surface area contributed by atoms with Gasteiger partial charge in [-0.25, -0.2) is 0 Å². The maximum atomic E-state index is 11.3. The molecule has 0 atom stereocenters. The van der Waals surface area contributed by atoms with Crippen molar-refractivity contribution in [2.45, 2.75) is 32.1 Å². The average molecular weight is 361 g/mol. The molecular formula is C21H25ClO3. The molecule has 0 saturated carbocycles. The SMILES string of the molecule is COC(=O)CCCc1ccc(OCCCCCl)c(-c2ccccc2)c1. The molecule has 0 saturated heterocycles. The number of benzene rings is 2. The fraction of sp³-hybridized carbons (Fsp3) is 0.381. The molecule has 0 N–H and O–H groups in total. The number of hydrogen-bond donors (Lipinski definition) is 0. The third kappa shape index (κ3) is 6.43. The molecule has 0 unspecified atom stereocenters. The van der Waals surface area contributed by atoms with Gasteiger partial charge in [-0.3, -0.25) is 4.79 Å². The van der Waals surface area contributed by atoms with E-state index in [9.17, 15) is 4.79 Å². The van der Waals surface area contributed by atoms with Crippen LogP contribution in [0.25, 0.3) is 11.1 Å². The highest BCUT2D eigenvalue weighted by atomic mass is 35.5. The van der Waals surface area contributed by atoms with Crippen molar-refractivity contribution in [3.05, 3.63) is 54.1 Å². The fourth-order valence-corrected chi connectivity index (χ4v) is 2.81. The van der Waals surface area contributed by atoms with Crippen LogP contribution in [0.15, 0.2) is 48.5 Å². The van der Waals surface area contributed by atoms with Crippen molar-refractivity contribution in [3.8, 4) is 16.9 Å². The third-order valence-corrected chi connectivity index (χ3v) is 4.26. The van der Waals surface area contributed by atoms with E-state index in [4.69, 9.17) is 21.1 Å². The lowest BCUT2D eigenvalue weighted by atomic mass is 9.99. The molecule has 25 heavy (non-hydrogen) atoms. The zero-order chi connectivity index (χ0) is 17.9. The Morgan fingerprint density at radius 3 is 2.56 bits per heavy atom. The Labute approximate surface area is 154 Å². The summed E-state index contributed by atoms with van der Waals surface area (Å²) in [5.74, 6) is 1.38. The van der Waals surface area contributed by atoms with E-state index in [1.54, 1.807) is 0 Å². The number of unbranched alkanes of at least 4 members (excludes halogenated alkanes) is 1. The molecule has 4 heteroatoms. The zero-order valence-electron chi connectivity index (χ0n) is 14.7. The summed E-state index contributed by atoms with van der Waals surface area (Å²) in [7, 11) is 1.42. The highest BCUT2D eigenvalue weighted by Crippen LogP contribution is 2.31. The Hall–Kier alpha value is -2.00. The maximum absolute atomic E-state index is 11.3. The van der Waals surface area contributed by atoms with Crippen LogP contribution in [0.4, 0.5) is 0 Å². The summed E-state index contributed by atoms with van der Waals surface area (Å²) in [4.78, 5) is 11.3. The molecule has 2 aromatic rings. The molecule has 0 aliphatic carbocycles. The maximum Gasteiger partial charge on any atom is 0.305 e. The first kappa shape index (κ1) is 19.3. The second kappa shape index (κ2) is 10.8. The molecule has 3 nitrogen and oxygen atoms in total. The second-order valence-corrected chi connectivity index (χ2v) is 6.25. The summed E-state index contributed by atoms with van der Waals surface area (Å²) in [6.45, 7) is 0.661. The van der Waals surface area contributed by atoms with E-state index in [1.165, 1.54) is 12.7 Å². The van der Waals surface area contributed by atoms with Crippen molar-refractivity contribution in [1.82, 2.24) is 0 Å². The molecular weight excluding hydrogens is 336 g/mol. The van der Waals surface area contributed by atoms with Crippen LogP contribution in [0.2, 0.25) is 0 Å². The highest BCUT2D eigenvalue weighted by Gasteiger charge is 2.09. The summed E-state index contributed by atoms with van der Waals surface area (Å²) < 4.78 is 10.7. The number of ether oxygens (including phenoxy) is 2. The summed E-state index contributed by atoms with van der Waals surface area (Å²) >= 11 is 5.72. The fourth-order valence-electron chi connectivity index (χ4n) is 2.62. The lowest BCUT2D eigenvalue weighted by molar-refractivity contribution is -0.140. The van der Waals surface area contributed by atoms with Gasteiger partial charge in [0.1, 0.15) is 5.75 Å². The van der Waals surface area contributed by atoms with Gasteiger partial charge in [0.2, 0.25) is 0 Å². The predicted molar refractivity (Wildman–Crippen MR) is 102 cm³/mol. The number of hydrogen-bond acceptors (Lipinski definition) is 3. The second-order valence-electron chi connectivity index (χ2n) is 5.87. The highest BCUT2D eigenvalue weighted by molar-refractivity contribution is 6.17. The van der Waals surface area contributed by atoms with Gasteiger partial charge in [0.15, 0.2) is 0 Å². The number of methoxy groups -OCH3 is 1. The number of alkyl halides is 1. The van der Waals surface area contributed by atoms with Crippen molar-refractivity contribution in [1.29, 1.82) is 0 Å². The molecule has 134 valence electrons. The van der Waals surface area contributed by atoms with Crippen molar-refractivity contribution >= 4 is 17.6 Å². The molecule has 0 aromatic heterocycles. The van der Waals surface area contributed by atoms with Crippen LogP contribution in [0, 0.1) is 0 Å². The number of halogens is 1. The summed E-state index contributed by atoms with van der Waals surface area (Å²) in [6.07, 6.45) is 3.94. The van der Waals surface area contributed by atoms with E-state index >= 15 is 0 Å². The van der Waals surface area contributed by atoms with Gasteiger partial charge in [0.05, 0.1) is 13.7 Å². The molecule has 0 aliphatic heterocycles. The number of aryl methyl sites for hydroxylation is 1. The first-order chi connectivity index (χ1) is 12.2. The molecule has 2 rings (SSSR count). The monoisotopic (exact) mass is 360 g/mol. The smallest absolute Gasteiger partial charge is 0.305 e.